The molecule has 150 valence electrons. The van der Waals surface area contributed by atoms with Crippen LogP contribution in [0.1, 0.15) is 54.4 Å². The fourth-order valence-corrected chi connectivity index (χ4v) is 4.02. The van der Waals surface area contributed by atoms with Crippen LogP contribution < -0.4 is 0 Å². The van der Waals surface area contributed by atoms with E-state index in [-0.39, 0.29) is 35.1 Å². The van der Waals surface area contributed by atoms with E-state index in [9.17, 15) is 9.59 Å². The van der Waals surface area contributed by atoms with Gasteiger partial charge in [-0.1, -0.05) is 13.8 Å². The summed E-state index contributed by atoms with van der Waals surface area (Å²) in [5.74, 6) is -1.43. The van der Waals surface area contributed by atoms with E-state index in [1.165, 1.54) is 0 Å². The highest BCUT2D eigenvalue weighted by atomic mass is 16.6. The predicted molar refractivity (Wildman–Crippen MR) is 101 cm³/mol. The monoisotopic (exact) mass is 368 g/mol. The number of hydrogen-bond donors (Lipinski definition) is 0. The lowest BCUT2D eigenvalue weighted by atomic mass is 9.78. The summed E-state index contributed by atoms with van der Waals surface area (Å²) in [6.45, 7) is 14.4. The molecular weight excluding hydrogens is 332 g/mol. The Labute approximate surface area is 158 Å². The molecule has 0 aliphatic carbocycles. The van der Waals surface area contributed by atoms with E-state index >= 15 is 0 Å². The van der Waals surface area contributed by atoms with Crippen molar-refractivity contribution in [3.8, 4) is 0 Å². The van der Waals surface area contributed by atoms with E-state index in [2.05, 4.69) is 65.4 Å². The van der Waals surface area contributed by atoms with Crippen molar-refractivity contribution in [3.63, 3.8) is 0 Å². The van der Waals surface area contributed by atoms with E-state index in [1.54, 1.807) is 0 Å². The third kappa shape index (κ3) is 3.91. The molecule has 4 atom stereocenters. The van der Waals surface area contributed by atoms with Gasteiger partial charge in [0.15, 0.2) is 0 Å². The van der Waals surface area contributed by atoms with E-state index < -0.39 is 11.9 Å². The summed E-state index contributed by atoms with van der Waals surface area (Å²) in [5, 5.41) is 0. The van der Waals surface area contributed by atoms with Crippen molar-refractivity contribution in [2.45, 2.75) is 77.7 Å². The number of carbonyl (C=O) groups is 2. The summed E-state index contributed by atoms with van der Waals surface area (Å²) in [6, 6.07) is 0. The molecule has 0 bridgehead atoms. The van der Waals surface area contributed by atoms with Gasteiger partial charge in [-0.05, 0) is 54.6 Å². The molecule has 2 rings (SSSR count). The van der Waals surface area contributed by atoms with Crippen molar-refractivity contribution in [2.24, 2.45) is 11.8 Å². The molecule has 6 nitrogen and oxygen atoms in total. The van der Waals surface area contributed by atoms with Crippen LogP contribution in [0.5, 0.6) is 0 Å². The number of likely N-dealkylation sites (tertiary alicyclic amines) is 2. The Hall–Kier alpha value is -1.14. The minimum absolute atomic E-state index is 0.0837. The van der Waals surface area contributed by atoms with Crippen LogP contribution in [0.4, 0.5) is 0 Å². The zero-order valence-corrected chi connectivity index (χ0v) is 17.7. The third-order valence-corrected chi connectivity index (χ3v) is 7.49. The molecule has 2 saturated heterocycles. The predicted octanol–water partition coefficient (Wildman–Crippen LogP) is 2.31. The molecule has 2 fully saturated rings. The van der Waals surface area contributed by atoms with Crippen molar-refractivity contribution < 1.29 is 19.1 Å². The van der Waals surface area contributed by atoms with Gasteiger partial charge in [-0.15, -0.1) is 0 Å². The maximum atomic E-state index is 12.3. The first kappa shape index (κ1) is 21.2. The van der Waals surface area contributed by atoms with Gasteiger partial charge in [0.25, 0.3) is 0 Å². The molecule has 2 aliphatic rings. The molecule has 6 heteroatoms. The molecule has 0 saturated carbocycles. The fourth-order valence-electron chi connectivity index (χ4n) is 4.02. The van der Waals surface area contributed by atoms with Gasteiger partial charge in [-0.25, -0.2) is 9.59 Å². The van der Waals surface area contributed by atoms with Crippen LogP contribution in [0.15, 0.2) is 0 Å². The lowest BCUT2D eigenvalue weighted by Crippen LogP contribution is -2.57. The highest BCUT2D eigenvalue weighted by molar-refractivity contribution is 6.29. The number of piperidine rings is 2. The molecule has 0 amide bonds. The van der Waals surface area contributed by atoms with Crippen LogP contribution in [-0.2, 0) is 19.1 Å². The fraction of sp³-hybridized carbons (Fsp3) is 0.900. The standard InChI is InChI=1S/C20H36N2O4/c1-13-15(9-11-21(7)19(13,3)4)25-17(23)18(24)26-16-10-12-22(8)20(5,6)14(16)2/h13-16H,9-12H2,1-8H3. The van der Waals surface area contributed by atoms with Gasteiger partial charge >= 0.3 is 11.9 Å². The van der Waals surface area contributed by atoms with Crippen LogP contribution in [0.25, 0.3) is 0 Å². The smallest absolute Gasteiger partial charge is 0.417 e. The Morgan fingerprint density at radius 1 is 0.769 bits per heavy atom. The van der Waals surface area contributed by atoms with Crippen LogP contribution >= 0.6 is 0 Å². The van der Waals surface area contributed by atoms with E-state index in [0.29, 0.717) is 0 Å². The molecule has 0 aromatic carbocycles. The van der Waals surface area contributed by atoms with Crippen LogP contribution in [-0.4, -0.2) is 72.2 Å². The Bertz CT molecular complexity index is 498. The largest absolute Gasteiger partial charge is 0.454 e. The highest BCUT2D eigenvalue weighted by Gasteiger charge is 2.44. The van der Waals surface area contributed by atoms with E-state index in [0.717, 1.165) is 25.9 Å². The summed E-state index contributed by atoms with van der Waals surface area (Å²) < 4.78 is 11.1. The molecule has 26 heavy (non-hydrogen) atoms. The maximum absolute atomic E-state index is 12.3. The Balaban J connectivity index is 1.95. The normalized spacial score (nSPS) is 34.9. The van der Waals surface area contributed by atoms with Gasteiger partial charge in [0.2, 0.25) is 0 Å². The number of hydrogen-bond acceptors (Lipinski definition) is 6. The lowest BCUT2D eigenvalue weighted by molar-refractivity contribution is -0.184. The van der Waals surface area contributed by atoms with Crippen LogP contribution in [0, 0.1) is 11.8 Å². The second-order valence-electron chi connectivity index (χ2n) is 9.19. The first-order chi connectivity index (χ1) is 11.9. The molecule has 0 radical (unpaired) electrons. The first-order valence-corrected chi connectivity index (χ1v) is 9.73. The van der Waals surface area contributed by atoms with Gasteiger partial charge in [-0.2, -0.15) is 0 Å². The Morgan fingerprint density at radius 2 is 1.08 bits per heavy atom. The number of esters is 2. The molecule has 0 aromatic heterocycles. The topological polar surface area (TPSA) is 59.1 Å². The van der Waals surface area contributed by atoms with E-state index in [4.69, 9.17) is 9.47 Å². The number of rotatable bonds is 2. The molecule has 0 spiro atoms. The molecule has 2 heterocycles. The van der Waals surface area contributed by atoms with Crippen LogP contribution in [0.2, 0.25) is 0 Å². The summed E-state index contributed by atoms with van der Waals surface area (Å²) >= 11 is 0. The van der Waals surface area contributed by atoms with Gasteiger partial charge in [0, 0.05) is 36.0 Å². The van der Waals surface area contributed by atoms with Crippen molar-refractivity contribution in [1.82, 2.24) is 9.80 Å². The van der Waals surface area contributed by atoms with Crippen molar-refractivity contribution in [3.05, 3.63) is 0 Å². The molecular formula is C20H36N2O4. The Morgan fingerprint density at radius 3 is 1.38 bits per heavy atom. The summed E-state index contributed by atoms with van der Waals surface area (Å²) in [5.41, 5.74) is -0.167. The minimum Gasteiger partial charge on any atom is -0.454 e. The van der Waals surface area contributed by atoms with E-state index in [1.807, 2.05) is 0 Å². The van der Waals surface area contributed by atoms with Gasteiger partial charge in [0.05, 0.1) is 0 Å². The average molecular weight is 369 g/mol. The van der Waals surface area contributed by atoms with Gasteiger partial charge in [-0.3, -0.25) is 0 Å². The van der Waals surface area contributed by atoms with Crippen LogP contribution in [0.3, 0.4) is 0 Å². The summed E-state index contributed by atoms with van der Waals surface area (Å²) in [7, 11) is 4.15. The van der Waals surface area contributed by atoms with Gasteiger partial charge in [0.1, 0.15) is 12.2 Å². The highest BCUT2D eigenvalue weighted by Crippen LogP contribution is 2.35. The summed E-state index contributed by atoms with van der Waals surface area (Å²) in [6.07, 6.45) is 0.954. The average Bonchev–Trinajstić information content (AvgIpc) is 2.56. The van der Waals surface area contributed by atoms with Crippen molar-refractivity contribution >= 4 is 11.9 Å². The summed E-state index contributed by atoms with van der Waals surface area (Å²) in [4.78, 5) is 29.2. The zero-order valence-electron chi connectivity index (χ0n) is 17.7. The number of nitrogens with zero attached hydrogens (tertiary/aromatic N) is 2. The number of ether oxygens (including phenoxy) is 2. The maximum Gasteiger partial charge on any atom is 0.417 e. The molecule has 0 N–H and O–H groups in total. The quantitative estimate of drug-likeness (QED) is 0.551. The van der Waals surface area contributed by atoms with Crippen molar-refractivity contribution in [1.29, 1.82) is 0 Å². The third-order valence-electron chi connectivity index (χ3n) is 7.49. The Kier molecular flexibility index (Phi) is 6.08. The minimum atomic E-state index is -0.855. The molecule has 4 unspecified atom stereocenters. The zero-order chi connectivity index (χ0) is 19.9. The lowest BCUT2D eigenvalue weighted by Gasteiger charge is -2.48. The number of carbonyl (C=O) groups excluding carboxylic acids is 2. The first-order valence-electron chi connectivity index (χ1n) is 9.73. The van der Waals surface area contributed by atoms with Gasteiger partial charge < -0.3 is 19.3 Å². The molecule has 0 aromatic rings. The SMILES string of the molecule is CC1C(OC(=O)C(=O)OC2CCN(C)C(C)(C)C2C)CCN(C)C1(C)C. The second kappa shape index (κ2) is 7.47. The second-order valence-corrected chi connectivity index (χ2v) is 9.19. The molecule has 2 aliphatic heterocycles. The van der Waals surface area contributed by atoms with Crippen molar-refractivity contribution in [2.75, 3.05) is 27.2 Å².